The van der Waals surface area contributed by atoms with Crippen LogP contribution in [0.3, 0.4) is 0 Å². The molecule has 0 saturated carbocycles. The molecule has 0 aliphatic carbocycles. The summed E-state index contributed by atoms with van der Waals surface area (Å²) in [4.78, 5) is 0. The quantitative estimate of drug-likeness (QED) is 0.621. The van der Waals surface area contributed by atoms with E-state index >= 15 is 0 Å². The molecule has 0 fully saturated rings. The molecule has 0 spiro atoms. The van der Waals surface area contributed by atoms with Gasteiger partial charge in [-0.25, -0.2) is 0 Å². The van der Waals surface area contributed by atoms with E-state index in [0.29, 0.717) is 0 Å². The van der Waals surface area contributed by atoms with Crippen molar-refractivity contribution in [2.45, 2.75) is 13.8 Å². The molecule has 0 radical (unpaired) electrons. The average Bonchev–Trinajstić information content (AvgIpc) is 1.94. The monoisotopic (exact) mass is 166 g/mol. The first kappa shape index (κ1) is 7.99. The summed E-state index contributed by atoms with van der Waals surface area (Å²) >= 11 is 1.28. The first-order valence-corrected chi connectivity index (χ1v) is 3.91. The third-order valence-corrected chi connectivity index (χ3v) is 1.87. The van der Waals surface area contributed by atoms with Crippen molar-refractivity contribution in [2.75, 3.05) is 0 Å². The zero-order chi connectivity index (χ0) is 7.56. The van der Waals surface area contributed by atoms with Gasteiger partial charge in [0.25, 0.3) is 0 Å². The fraction of sp³-hybridized carbons (Fsp3) is 0.250. The van der Waals surface area contributed by atoms with Crippen molar-refractivity contribution in [3.8, 4) is 5.75 Å². The molecule has 10 heavy (non-hydrogen) atoms. The topological polar surface area (TPSA) is 9.23 Å². The van der Waals surface area contributed by atoms with Crippen LogP contribution in [0.4, 0.5) is 0 Å². The second-order valence-corrected chi connectivity index (χ2v) is 2.75. The molecule has 0 unspecified atom stereocenters. The molecule has 0 heterocycles. The van der Waals surface area contributed by atoms with E-state index in [1.165, 1.54) is 35.9 Å². The van der Waals surface area contributed by atoms with Gasteiger partial charge in [-0.15, -0.1) is 0 Å². The van der Waals surface area contributed by atoms with E-state index in [0.717, 1.165) is 5.75 Å². The Kier molecular flexibility index (Phi) is 2.66. The first-order valence-electron chi connectivity index (χ1n) is 3.18. The fourth-order valence-electron chi connectivity index (χ4n) is 0.834. The van der Waals surface area contributed by atoms with Gasteiger partial charge < -0.3 is 0 Å². The van der Waals surface area contributed by atoms with Gasteiger partial charge in [0.2, 0.25) is 0 Å². The molecule has 0 atom stereocenters. The molecule has 1 nitrogen and oxygen atoms in total. The Morgan fingerprint density at radius 3 is 2.50 bits per heavy atom. The van der Waals surface area contributed by atoms with Crippen molar-refractivity contribution >= 4 is 0 Å². The molecular formula is C8H9OSc. The number of benzene rings is 1. The van der Waals surface area contributed by atoms with Gasteiger partial charge in [0.1, 0.15) is 0 Å². The van der Waals surface area contributed by atoms with Crippen LogP contribution in [0.1, 0.15) is 11.1 Å². The van der Waals surface area contributed by atoms with Crippen LogP contribution in [0.5, 0.6) is 5.75 Å². The third-order valence-electron chi connectivity index (χ3n) is 1.47. The van der Waals surface area contributed by atoms with Crippen LogP contribution in [0, 0.1) is 13.8 Å². The Hall–Kier alpha value is -0.110. The van der Waals surface area contributed by atoms with Crippen molar-refractivity contribution in [1.82, 2.24) is 0 Å². The van der Waals surface area contributed by atoms with Gasteiger partial charge in [0.05, 0.1) is 0 Å². The van der Waals surface area contributed by atoms with E-state index in [1.54, 1.807) is 0 Å². The maximum absolute atomic E-state index is 5.19. The standard InChI is InChI=1S/C8H10O.Sc/c1-6-3-4-7(2)8(9)5-6;/h3-5,9H,1-2H3;/q;+1/p-1. The van der Waals surface area contributed by atoms with Crippen molar-refractivity contribution in [3.63, 3.8) is 0 Å². The van der Waals surface area contributed by atoms with Crippen LogP contribution in [0.15, 0.2) is 18.2 Å². The minimum atomic E-state index is 1.00. The Labute approximate surface area is 76.6 Å². The van der Waals surface area contributed by atoms with Crippen LogP contribution < -0.4 is 2.85 Å². The van der Waals surface area contributed by atoms with E-state index in [1.807, 2.05) is 6.92 Å². The summed E-state index contributed by atoms with van der Waals surface area (Å²) in [5, 5.41) is 0. The van der Waals surface area contributed by atoms with Crippen molar-refractivity contribution < 1.29 is 27.7 Å². The molecule has 1 rings (SSSR count). The van der Waals surface area contributed by atoms with Crippen molar-refractivity contribution in [3.05, 3.63) is 29.3 Å². The summed E-state index contributed by atoms with van der Waals surface area (Å²) in [7, 11) is 0. The van der Waals surface area contributed by atoms with Gasteiger partial charge in [0, 0.05) is 0 Å². The predicted octanol–water partition coefficient (Wildman–Crippen LogP) is 2.14. The summed E-state index contributed by atoms with van der Waals surface area (Å²) in [5.41, 5.74) is 2.45. The Morgan fingerprint density at radius 1 is 1.30 bits per heavy atom. The normalized spacial score (nSPS) is 9.30. The average molecular weight is 166 g/mol. The Bertz CT molecular complexity index is 233. The van der Waals surface area contributed by atoms with Gasteiger partial charge in [-0.05, 0) is 0 Å². The van der Waals surface area contributed by atoms with Gasteiger partial charge in [0.15, 0.2) is 0 Å². The number of hydrogen-bond acceptors (Lipinski definition) is 1. The maximum atomic E-state index is 5.19. The molecule has 1 aromatic carbocycles. The van der Waals surface area contributed by atoms with Gasteiger partial charge in [-0.1, -0.05) is 0 Å². The summed E-state index contributed by atoms with van der Waals surface area (Å²) in [6.07, 6.45) is 0. The van der Waals surface area contributed by atoms with Crippen LogP contribution in [-0.2, 0) is 24.8 Å². The van der Waals surface area contributed by atoms with Crippen molar-refractivity contribution in [1.29, 1.82) is 0 Å². The van der Waals surface area contributed by atoms with E-state index in [2.05, 4.69) is 25.1 Å². The van der Waals surface area contributed by atoms with Crippen LogP contribution in [-0.4, -0.2) is 0 Å². The molecule has 0 aliphatic heterocycles. The molecule has 0 bridgehead atoms. The van der Waals surface area contributed by atoms with E-state index < -0.39 is 0 Å². The predicted molar refractivity (Wildman–Crippen MR) is 36.5 cm³/mol. The minimum absolute atomic E-state index is 1.00. The third kappa shape index (κ3) is 1.69. The number of hydrogen-bond donors (Lipinski definition) is 0. The molecule has 0 aromatic heterocycles. The molecule has 0 N–H and O–H groups in total. The molecule has 0 saturated heterocycles. The van der Waals surface area contributed by atoms with E-state index in [4.69, 9.17) is 2.85 Å². The molecule has 0 aliphatic rings. The van der Waals surface area contributed by atoms with Crippen LogP contribution in [0.25, 0.3) is 0 Å². The Balaban J connectivity index is 3.09. The van der Waals surface area contributed by atoms with Crippen LogP contribution >= 0.6 is 0 Å². The summed E-state index contributed by atoms with van der Waals surface area (Å²) < 4.78 is 5.19. The molecule has 2 heteroatoms. The van der Waals surface area contributed by atoms with E-state index in [-0.39, 0.29) is 0 Å². The summed E-state index contributed by atoms with van der Waals surface area (Å²) in [6.45, 7) is 4.11. The molecular weight excluding hydrogens is 157 g/mol. The second kappa shape index (κ2) is 3.33. The summed E-state index contributed by atoms with van der Waals surface area (Å²) in [5.74, 6) is 1.00. The number of aryl methyl sites for hydroxylation is 2. The molecule has 1 aromatic rings. The molecule has 50 valence electrons. The van der Waals surface area contributed by atoms with Crippen molar-refractivity contribution in [2.24, 2.45) is 0 Å². The Morgan fingerprint density at radius 2 is 2.00 bits per heavy atom. The summed E-state index contributed by atoms with van der Waals surface area (Å²) in [6, 6.07) is 6.21. The number of rotatable bonds is 1. The second-order valence-electron chi connectivity index (χ2n) is 2.39. The zero-order valence-electron chi connectivity index (χ0n) is 6.22. The van der Waals surface area contributed by atoms with Gasteiger partial charge in [-0.3, -0.25) is 0 Å². The zero-order valence-corrected chi connectivity index (χ0v) is 8.02. The van der Waals surface area contributed by atoms with Gasteiger partial charge in [-0.2, -0.15) is 0 Å². The SMILES string of the molecule is Cc1ccc(C)c([O][Sc])c1. The van der Waals surface area contributed by atoms with Crippen LogP contribution in [0.2, 0.25) is 0 Å². The fourth-order valence-corrected chi connectivity index (χ4v) is 1.23. The van der Waals surface area contributed by atoms with E-state index in [9.17, 15) is 0 Å². The van der Waals surface area contributed by atoms with Gasteiger partial charge >= 0.3 is 76.6 Å². The molecule has 0 amide bonds. The first-order chi connectivity index (χ1) is 4.74.